The zero-order valence-corrected chi connectivity index (χ0v) is 85.9. The first-order valence-corrected chi connectivity index (χ1v) is 48.2. The number of carbonyl (C=O) groups is 5. The zero-order chi connectivity index (χ0) is 99.8. The minimum atomic E-state index is -1.01. The molecular formula is C115H147N9O11. The third-order valence-electron chi connectivity index (χ3n) is 28.3. The van der Waals surface area contributed by atoms with E-state index in [9.17, 15) is 29.1 Å². The van der Waals surface area contributed by atoms with Gasteiger partial charge in [-0.15, -0.1) is 0 Å². The van der Waals surface area contributed by atoms with Gasteiger partial charge in [0.1, 0.15) is 29.0 Å². The third-order valence-corrected chi connectivity index (χ3v) is 28.3. The summed E-state index contributed by atoms with van der Waals surface area (Å²) in [5, 5.41) is 45.7. The number of aromatic carboxylic acids is 5. The van der Waals surface area contributed by atoms with Crippen LogP contribution in [0.4, 0.5) is 11.5 Å². The molecule has 20 heteroatoms. The lowest BCUT2D eigenvalue weighted by atomic mass is 9.77. The second kappa shape index (κ2) is 37.2. The first-order chi connectivity index (χ1) is 62.4. The number of hydrogen-bond acceptors (Lipinski definition) is 15. The van der Waals surface area contributed by atoms with Crippen LogP contribution in [0.15, 0.2) is 147 Å². The van der Waals surface area contributed by atoms with Crippen LogP contribution >= 0.6 is 0 Å². The van der Waals surface area contributed by atoms with Crippen LogP contribution in [0.25, 0.3) is 0 Å². The molecule has 0 saturated heterocycles. The summed E-state index contributed by atoms with van der Waals surface area (Å²) in [5.41, 5.74) is 24.3. The molecule has 5 aromatic heterocycles. The second-order valence-electron chi connectivity index (χ2n) is 48.1. The fourth-order valence-corrected chi connectivity index (χ4v) is 18.7. The van der Waals surface area contributed by atoms with Crippen LogP contribution in [0.3, 0.4) is 0 Å². The Kier molecular flexibility index (Phi) is 28.3. The Morgan fingerprint density at radius 3 is 1.01 bits per heavy atom. The summed E-state index contributed by atoms with van der Waals surface area (Å²) in [7, 11) is 0. The fraction of sp³-hybridized carbons (Fsp3) is 0.504. The van der Waals surface area contributed by atoms with Gasteiger partial charge in [0.15, 0.2) is 0 Å². The van der Waals surface area contributed by atoms with Crippen LogP contribution in [0.2, 0.25) is 0 Å². The zero-order valence-electron chi connectivity index (χ0n) is 85.9. The van der Waals surface area contributed by atoms with E-state index in [1.807, 2.05) is 12.1 Å². The molecule has 0 unspecified atom stereocenters. The lowest BCUT2D eigenvalue weighted by Crippen LogP contribution is -2.28. The Balaban J connectivity index is 0.000000152. The van der Waals surface area contributed by atoms with E-state index in [4.69, 9.17) is 25.2 Å². The number of carboxylic acid groups (broad SMARTS) is 5. The van der Waals surface area contributed by atoms with Gasteiger partial charge >= 0.3 is 29.8 Å². The Morgan fingerprint density at radius 1 is 0.348 bits per heavy atom. The molecule has 5 N–H and O–H groups in total. The minimum Gasteiger partial charge on any atom is -0.493 e. The van der Waals surface area contributed by atoms with Crippen LogP contribution in [-0.4, -0.2) is 108 Å². The smallest absolute Gasteiger partial charge is 0.338 e. The number of aryl methyl sites for hydroxylation is 1. The van der Waals surface area contributed by atoms with Gasteiger partial charge in [0.2, 0.25) is 0 Å². The van der Waals surface area contributed by atoms with E-state index < -0.39 is 29.8 Å². The third kappa shape index (κ3) is 22.5. The van der Waals surface area contributed by atoms with E-state index in [1.54, 1.807) is 12.1 Å². The van der Waals surface area contributed by atoms with Crippen LogP contribution in [0.1, 0.15) is 429 Å². The molecule has 0 atom stereocenters. The van der Waals surface area contributed by atoms with E-state index in [1.165, 1.54) is 139 Å². The van der Waals surface area contributed by atoms with Crippen molar-refractivity contribution in [3.63, 3.8) is 0 Å². The Bertz CT molecular complexity index is 5870. The number of benzene rings is 5. The lowest BCUT2D eigenvalue weighted by molar-refractivity contribution is 0.0685. The van der Waals surface area contributed by atoms with Gasteiger partial charge in [0, 0.05) is 66.7 Å². The molecular weight excluding hydrogens is 1680 g/mol. The standard InChI is InChI=1S/C24H32N2O2.C23H30N2O3.C23H28N2O2.C23H29NO2.C22H28N2O2/c1-15(2)26(21-9-8-16(14-25-21)22(27)28)20-13-17(23(3,4)5)12-19-18(20)10-11-24(19,6)7;1-14(2)13-28-19-9-15(3)17(10-18(19)22(4,5)6)23(7-8-23)21-24-11-16(12-25-21)20(26)27;1-21(2,3)15-10-17-16(6-7-22(17,4)5)18(11-15)23(8-9-23)20-24-12-14(13-25-20)19(26)27;1-21(2,3)16-11-17(22(4,5)6)13-18(12-16)23(9-10-23)19-8-7-15(14-24-19)20(25)26;1-20(2,3)15-9-16(21(4,5)6)11-17(10-15)22(7-8-22)19-23-12-14(13-24-19)18(25)26/h8-9,12-15H,10-11H2,1-7H3,(H,27,28);9-12,14H,7-8,13H2,1-6H3,(H,26,27);10-13H,6-9H2,1-5H3,(H,26,27);7-8,11-14H,9-10H2,1-6H3,(H,25,26);9-13H,7-8H2,1-6H3,(H,25,26). The molecule has 20 nitrogen and oxygen atoms in total. The van der Waals surface area contributed by atoms with Gasteiger partial charge in [-0.2, -0.15) is 0 Å². The number of fused-ring (bicyclic) bond motifs is 2. The summed E-state index contributed by atoms with van der Waals surface area (Å²) in [6.07, 6.45) is 24.0. The molecule has 718 valence electrons. The highest BCUT2D eigenvalue weighted by Gasteiger charge is 2.54. The van der Waals surface area contributed by atoms with E-state index >= 15 is 0 Å². The first kappa shape index (κ1) is 103. The quantitative estimate of drug-likeness (QED) is 0.0502. The maximum absolute atomic E-state index is 11.2. The number of ether oxygens (including phenoxy) is 1. The predicted octanol–water partition coefficient (Wildman–Crippen LogP) is 25.8. The summed E-state index contributed by atoms with van der Waals surface area (Å²) in [6.45, 7) is 67.7. The molecule has 6 aliphatic rings. The number of rotatable bonds is 19. The number of anilines is 2. The molecule has 4 fully saturated rings. The molecule has 6 aliphatic carbocycles. The lowest BCUT2D eigenvalue weighted by Gasteiger charge is -2.33. The van der Waals surface area contributed by atoms with Crippen molar-refractivity contribution in [3.8, 4) is 5.75 Å². The van der Waals surface area contributed by atoms with Crippen LogP contribution < -0.4 is 9.64 Å². The Morgan fingerprint density at radius 2 is 0.674 bits per heavy atom. The fourth-order valence-electron chi connectivity index (χ4n) is 18.7. The molecule has 0 bridgehead atoms. The van der Waals surface area contributed by atoms with E-state index in [0.29, 0.717) is 18.3 Å². The summed E-state index contributed by atoms with van der Waals surface area (Å²) < 4.78 is 6.15. The van der Waals surface area contributed by atoms with Crippen LogP contribution in [0, 0.1) is 12.8 Å². The molecule has 16 rings (SSSR count). The molecule has 135 heavy (non-hydrogen) atoms. The normalized spacial score (nSPS) is 16.7. The number of hydrogen-bond donors (Lipinski definition) is 5. The van der Waals surface area contributed by atoms with Crippen molar-refractivity contribution in [2.75, 3.05) is 11.5 Å². The Labute approximate surface area is 801 Å². The molecule has 5 aromatic carbocycles. The molecule has 0 aliphatic heterocycles. The maximum atomic E-state index is 11.2. The number of pyridine rings is 2. The number of nitrogens with zero attached hydrogens (tertiary/aromatic N) is 9. The molecule has 4 saturated carbocycles. The topological polar surface area (TPSA) is 302 Å². The predicted molar refractivity (Wildman–Crippen MR) is 538 cm³/mol. The highest BCUT2D eigenvalue weighted by Crippen LogP contribution is 2.60. The number of aromatic nitrogens is 8. The van der Waals surface area contributed by atoms with E-state index in [2.05, 4.69) is 325 Å². The first-order valence-electron chi connectivity index (χ1n) is 48.2. The summed E-state index contributed by atoms with van der Waals surface area (Å²) in [6, 6.07) is 35.0. The average Bonchev–Trinajstić information content (AvgIpc) is 1.57. The van der Waals surface area contributed by atoms with Crippen molar-refractivity contribution in [1.29, 1.82) is 0 Å². The van der Waals surface area contributed by atoms with Gasteiger partial charge in [-0.25, -0.2) is 58.9 Å². The summed E-state index contributed by atoms with van der Waals surface area (Å²) in [5.74, 6) is -0.465. The van der Waals surface area contributed by atoms with E-state index in [0.717, 1.165) is 112 Å². The largest absolute Gasteiger partial charge is 0.493 e. The van der Waals surface area contributed by atoms with Crippen LogP contribution in [-0.2, 0) is 83.2 Å². The highest BCUT2D eigenvalue weighted by atomic mass is 16.5. The number of carboxylic acids is 5. The molecule has 0 radical (unpaired) electrons. The van der Waals surface area contributed by atoms with Crippen molar-refractivity contribution < 1.29 is 54.2 Å². The maximum Gasteiger partial charge on any atom is 0.338 e. The molecule has 5 heterocycles. The van der Waals surface area contributed by atoms with Crippen molar-refractivity contribution in [2.45, 2.75) is 361 Å². The van der Waals surface area contributed by atoms with Crippen LogP contribution in [0.5, 0.6) is 5.75 Å². The summed E-state index contributed by atoms with van der Waals surface area (Å²) in [4.78, 5) is 93.5. The van der Waals surface area contributed by atoms with Crippen molar-refractivity contribution >= 4 is 41.4 Å². The van der Waals surface area contributed by atoms with Gasteiger partial charge in [-0.05, 0) is 278 Å². The van der Waals surface area contributed by atoms with Gasteiger partial charge < -0.3 is 35.2 Å². The second-order valence-corrected chi connectivity index (χ2v) is 48.1. The van der Waals surface area contributed by atoms with Gasteiger partial charge in [0.05, 0.1) is 56.4 Å². The van der Waals surface area contributed by atoms with E-state index in [-0.39, 0.29) is 104 Å². The van der Waals surface area contributed by atoms with Gasteiger partial charge in [-0.3, -0.25) is 4.98 Å². The summed E-state index contributed by atoms with van der Waals surface area (Å²) >= 11 is 0. The highest BCUT2D eigenvalue weighted by molar-refractivity contribution is 5.89. The minimum absolute atomic E-state index is 0.0473. The SMILES string of the molecule is CC(C)(C)c1cc(C(C)(C)C)cc(C2(c3ccc(C(=O)O)cn3)CC2)c1.CC(C)(C)c1cc(C(C)(C)C)cc(C2(c3ncc(C(=O)O)cn3)CC2)c1.CC(C)(C)c1cc2c(c(C3(c4ncc(C(=O)O)cn4)CC3)c1)CCC2(C)C.CC(C)N(c1ccc(C(=O)O)cn1)c1cc(C(C)(C)C)cc2c1CCC2(C)C.Cc1cc(OCC(C)C)c(C(C)(C)C)cc1C1(c2ncc(C(=O)O)cn2)CC1. The van der Waals surface area contributed by atoms with Crippen molar-refractivity contribution in [1.82, 2.24) is 39.9 Å². The monoisotopic (exact) mass is 1830 g/mol. The molecule has 0 spiro atoms. The van der Waals surface area contributed by atoms with Crippen molar-refractivity contribution in [2.24, 2.45) is 5.92 Å². The molecule has 0 amide bonds. The average molecular weight is 1830 g/mol. The Hall–Kier alpha value is -11.4. The van der Waals surface area contributed by atoms with Gasteiger partial charge in [0.25, 0.3) is 0 Å². The van der Waals surface area contributed by atoms with Crippen molar-refractivity contribution in [3.05, 3.63) is 287 Å². The van der Waals surface area contributed by atoms with Gasteiger partial charge in [-0.1, -0.05) is 248 Å². The molecule has 10 aromatic rings.